The lowest BCUT2D eigenvalue weighted by Gasteiger charge is -2.35. The Bertz CT molecular complexity index is 872. The average Bonchev–Trinajstić information content (AvgIpc) is 2.64. The second kappa shape index (κ2) is 9.72. The fraction of sp³-hybridized carbons (Fsp3) is 0.586. The van der Waals surface area contributed by atoms with Crippen molar-refractivity contribution in [2.45, 2.75) is 110 Å². The van der Waals surface area contributed by atoms with Gasteiger partial charge in [-0.15, -0.1) is 0 Å². The number of rotatable bonds is 6. The normalized spacial score (nSPS) is 14.3. The molecule has 4 heteroatoms. The molecule has 0 fully saturated rings. The van der Waals surface area contributed by atoms with Gasteiger partial charge in [-0.2, -0.15) is 13.2 Å². The van der Waals surface area contributed by atoms with Gasteiger partial charge in [0.2, 0.25) is 0 Å². The Labute approximate surface area is 198 Å². The predicted molar refractivity (Wildman–Crippen MR) is 132 cm³/mol. The second-order valence-corrected chi connectivity index (χ2v) is 12.2. The predicted octanol–water partition coefficient (Wildman–Crippen LogP) is 9.43. The maximum absolute atomic E-state index is 12.9. The number of hydrogen-bond donors (Lipinski definition) is 0. The van der Waals surface area contributed by atoms with Gasteiger partial charge in [-0.25, -0.2) is 0 Å². The van der Waals surface area contributed by atoms with Gasteiger partial charge in [0.1, 0.15) is 11.9 Å². The molecular weight excluding hydrogens is 421 g/mol. The van der Waals surface area contributed by atoms with Gasteiger partial charge in [0.25, 0.3) is 0 Å². The minimum absolute atomic E-state index is 0.0266. The highest BCUT2D eigenvalue weighted by Crippen LogP contribution is 2.45. The molecule has 0 aliphatic heterocycles. The molecule has 0 amide bonds. The van der Waals surface area contributed by atoms with Crippen molar-refractivity contribution in [2.24, 2.45) is 0 Å². The van der Waals surface area contributed by atoms with Crippen molar-refractivity contribution in [1.82, 2.24) is 0 Å². The van der Waals surface area contributed by atoms with Crippen LogP contribution in [0.4, 0.5) is 13.2 Å². The van der Waals surface area contributed by atoms with Crippen LogP contribution in [0.5, 0.6) is 5.75 Å². The van der Waals surface area contributed by atoms with Gasteiger partial charge in [-0.05, 0) is 40.2 Å². The molecule has 2 aromatic carbocycles. The van der Waals surface area contributed by atoms with E-state index in [1.807, 2.05) is 30.3 Å². The molecule has 1 unspecified atom stereocenters. The molecule has 0 aromatic heterocycles. The maximum atomic E-state index is 12.9. The summed E-state index contributed by atoms with van der Waals surface area (Å²) in [6, 6.07) is 14.1. The Morgan fingerprint density at radius 2 is 1.21 bits per heavy atom. The number of alkyl halides is 3. The largest absolute Gasteiger partial charge is 0.485 e. The van der Waals surface area contributed by atoms with Crippen LogP contribution in [0.2, 0.25) is 0 Å². The molecule has 0 bridgehead atoms. The van der Waals surface area contributed by atoms with E-state index in [0.29, 0.717) is 6.42 Å². The van der Waals surface area contributed by atoms with Gasteiger partial charge in [0.15, 0.2) is 0 Å². The fourth-order valence-corrected chi connectivity index (χ4v) is 3.89. The Morgan fingerprint density at radius 1 is 0.727 bits per heavy atom. The third-order valence-corrected chi connectivity index (χ3v) is 5.93. The lowest BCUT2D eigenvalue weighted by molar-refractivity contribution is -0.136. The van der Waals surface area contributed by atoms with Crippen LogP contribution >= 0.6 is 0 Å². The van der Waals surface area contributed by atoms with Crippen molar-refractivity contribution >= 4 is 0 Å². The summed E-state index contributed by atoms with van der Waals surface area (Å²) in [7, 11) is 0. The third kappa shape index (κ3) is 7.79. The quantitative estimate of drug-likeness (QED) is 0.415. The van der Waals surface area contributed by atoms with Crippen LogP contribution in [0.1, 0.15) is 110 Å². The summed E-state index contributed by atoms with van der Waals surface area (Å²) in [5.41, 5.74) is 3.91. The molecule has 0 saturated heterocycles. The SMILES string of the molecule is CC(C)(C)c1cc(C(C)(C)C)c(OC(CCCC(F)(F)F)c2ccccc2)c(C(C)(C)C)c1. The van der Waals surface area contributed by atoms with Crippen LogP contribution in [-0.4, -0.2) is 6.18 Å². The molecule has 0 spiro atoms. The Kier molecular flexibility index (Phi) is 8.03. The molecule has 2 aromatic rings. The Hall–Kier alpha value is -1.97. The Morgan fingerprint density at radius 3 is 1.61 bits per heavy atom. The van der Waals surface area contributed by atoms with Crippen molar-refractivity contribution in [1.29, 1.82) is 0 Å². The third-order valence-electron chi connectivity index (χ3n) is 5.93. The minimum atomic E-state index is -4.16. The number of benzene rings is 2. The van der Waals surface area contributed by atoms with Gasteiger partial charge >= 0.3 is 6.18 Å². The van der Waals surface area contributed by atoms with E-state index in [9.17, 15) is 13.2 Å². The average molecular weight is 463 g/mol. The molecular formula is C29H41F3O. The standard InChI is InChI=1S/C29H41F3O/c1-26(2,3)21-18-22(27(4,5)6)25(23(19-21)28(7,8)9)33-24(16-13-17-29(30,31)32)20-14-11-10-12-15-20/h10-12,14-15,18-19,24H,13,16-17H2,1-9H3. The lowest BCUT2D eigenvalue weighted by Crippen LogP contribution is -2.24. The monoisotopic (exact) mass is 462 g/mol. The van der Waals surface area contributed by atoms with E-state index in [-0.39, 0.29) is 22.7 Å². The van der Waals surface area contributed by atoms with E-state index < -0.39 is 18.7 Å². The van der Waals surface area contributed by atoms with Crippen LogP contribution in [-0.2, 0) is 16.2 Å². The first kappa shape index (κ1) is 27.3. The van der Waals surface area contributed by atoms with Crippen molar-refractivity contribution in [3.8, 4) is 5.75 Å². The van der Waals surface area contributed by atoms with Crippen LogP contribution in [0, 0.1) is 0 Å². The van der Waals surface area contributed by atoms with Crippen molar-refractivity contribution < 1.29 is 17.9 Å². The highest BCUT2D eigenvalue weighted by atomic mass is 19.4. The smallest absolute Gasteiger partial charge is 0.389 e. The maximum Gasteiger partial charge on any atom is 0.389 e. The second-order valence-electron chi connectivity index (χ2n) is 12.2. The van der Waals surface area contributed by atoms with E-state index in [1.54, 1.807) is 0 Å². The fourth-order valence-electron chi connectivity index (χ4n) is 3.89. The summed E-state index contributed by atoms with van der Waals surface area (Å²) in [4.78, 5) is 0. The highest BCUT2D eigenvalue weighted by Gasteiger charge is 2.32. The van der Waals surface area contributed by atoms with Gasteiger partial charge in [0.05, 0.1) is 0 Å². The summed E-state index contributed by atoms with van der Waals surface area (Å²) in [6.45, 7) is 19.6. The van der Waals surface area contributed by atoms with E-state index in [4.69, 9.17) is 4.74 Å². The Balaban J connectivity index is 2.64. The van der Waals surface area contributed by atoms with Crippen molar-refractivity contribution in [3.63, 3.8) is 0 Å². The molecule has 1 nitrogen and oxygen atoms in total. The topological polar surface area (TPSA) is 9.23 Å². The van der Waals surface area contributed by atoms with E-state index >= 15 is 0 Å². The van der Waals surface area contributed by atoms with Crippen LogP contribution in [0.3, 0.4) is 0 Å². The zero-order chi connectivity index (χ0) is 25.2. The first-order valence-electron chi connectivity index (χ1n) is 11.9. The molecule has 0 saturated carbocycles. The summed E-state index contributed by atoms with van der Waals surface area (Å²) in [5, 5.41) is 0. The van der Waals surface area contributed by atoms with Gasteiger partial charge < -0.3 is 4.74 Å². The highest BCUT2D eigenvalue weighted by molar-refractivity contribution is 5.52. The summed E-state index contributed by atoms with van der Waals surface area (Å²) < 4.78 is 45.4. The first-order chi connectivity index (χ1) is 14.9. The summed E-state index contributed by atoms with van der Waals surface area (Å²) in [5.74, 6) is 0.809. The molecule has 0 N–H and O–H groups in total. The minimum Gasteiger partial charge on any atom is -0.485 e. The molecule has 0 aliphatic carbocycles. The van der Waals surface area contributed by atoms with Crippen molar-refractivity contribution in [3.05, 3.63) is 64.7 Å². The summed E-state index contributed by atoms with van der Waals surface area (Å²) >= 11 is 0. The molecule has 0 aliphatic rings. The number of hydrogen-bond acceptors (Lipinski definition) is 1. The molecule has 2 rings (SSSR count). The zero-order valence-electron chi connectivity index (χ0n) is 21.8. The molecule has 33 heavy (non-hydrogen) atoms. The van der Waals surface area contributed by atoms with Gasteiger partial charge in [0, 0.05) is 17.5 Å². The van der Waals surface area contributed by atoms with Crippen LogP contribution < -0.4 is 4.74 Å². The summed E-state index contributed by atoms with van der Waals surface area (Å²) in [6.07, 6.45) is -5.09. The molecule has 1 atom stereocenters. The van der Waals surface area contributed by atoms with E-state index in [0.717, 1.165) is 22.4 Å². The van der Waals surface area contributed by atoms with Gasteiger partial charge in [-0.1, -0.05) is 105 Å². The number of ether oxygens (including phenoxy) is 1. The van der Waals surface area contributed by atoms with Crippen molar-refractivity contribution in [2.75, 3.05) is 0 Å². The van der Waals surface area contributed by atoms with E-state index in [1.165, 1.54) is 5.56 Å². The lowest BCUT2D eigenvalue weighted by atomic mass is 9.74. The first-order valence-corrected chi connectivity index (χ1v) is 11.9. The zero-order valence-corrected chi connectivity index (χ0v) is 21.8. The number of halogens is 3. The molecule has 184 valence electrons. The molecule has 0 radical (unpaired) electrons. The van der Waals surface area contributed by atoms with Crippen LogP contribution in [0.25, 0.3) is 0 Å². The van der Waals surface area contributed by atoms with Crippen LogP contribution in [0.15, 0.2) is 42.5 Å². The molecule has 0 heterocycles. The van der Waals surface area contributed by atoms with Gasteiger partial charge in [-0.3, -0.25) is 0 Å². The van der Waals surface area contributed by atoms with E-state index in [2.05, 4.69) is 74.4 Å².